The van der Waals surface area contributed by atoms with Gasteiger partial charge in [0.1, 0.15) is 15.6 Å². The molecule has 2 fully saturated rings. The minimum atomic E-state index is 0.248. The summed E-state index contributed by atoms with van der Waals surface area (Å²) in [7, 11) is 2.23. The first kappa shape index (κ1) is 18.4. The number of benzene rings is 1. The number of aromatic nitrogens is 3. The van der Waals surface area contributed by atoms with Crippen molar-refractivity contribution in [3.05, 3.63) is 36.7 Å². The molecule has 6 nitrogen and oxygen atoms in total. The van der Waals surface area contributed by atoms with Gasteiger partial charge in [0, 0.05) is 36.9 Å². The molecule has 30 heavy (non-hydrogen) atoms. The lowest BCUT2D eigenvalue weighted by atomic mass is 9.99. The predicted octanol–water partition coefficient (Wildman–Crippen LogP) is 4.84. The summed E-state index contributed by atoms with van der Waals surface area (Å²) >= 11 is 3.40. The number of aromatic amines is 1. The minimum absolute atomic E-state index is 0.248. The van der Waals surface area contributed by atoms with Crippen LogP contribution in [-0.2, 0) is 0 Å². The van der Waals surface area contributed by atoms with Gasteiger partial charge < -0.3 is 15.3 Å². The monoisotopic (exact) mass is 437 g/mol. The highest BCUT2D eigenvalue weighted by molar-refractivity contribution is 7.30. The summed E-state index contributed by atoms with van der Waals surface area (Å²) in [5.74, 6) is 0.248. The number of hydrogen-bond donors (Lipinski definition) is 3. The molecule has 6 rings (SSSR count). The minimum Gasteiger partial charge on any atom is -0.507 e. The predicted molar refractivity (Wildman–Crippen MR) is 124 cm³/mol. The summed E-state index contributed by atoms with van der Waals surface area (Å²) in [5.41, 5.74) is 2.67. The molecule has 0 radical (unpaired) electrons. The second-order valence-corrected chi connectivity index (χ2v) is 10.4. The van der Waals surface area contributed by atoms with Crippen LogP contribution in [0.25, 0.3) is 31.2 Å². The van der Waals surface area contributed by atoms with Crippen molar-refractivity contribution in [1.82, 2.24) is 20.5 Å². The summed E-state index contributed by atoms with van der Waals surface area (Å²) in [6.07, 6.45) is 8.67. The molecule has 3 aromatic heterocycles. The number of fused-ring (bicyclic) bond motifs is 3. The Balaban J connectivity index is 1.26. The van der Waals surface area contributed by atoms with Crippen LogP contribution in [-0.4, -0.2) is 45.5 Å². The van der Waals surface area contributed by atoms with Gasteiger partial charge in [-0.1, -0.05) is 17.4 Å². The van der Waals surface area contributed by atoms with Crippen LogP contribution in [0.4, 0.5) is 5.00 Å². The number of phenolic OH excluding ortho intramolecular Hbond substituents is 1. The topological polar surface area (TPSA) is 77.1 Å². The first-order chi connectivity index (χ1) is 14.6. The molecule has 4 aromatic rings. The number of piperidine rings is 1. The summed E-state index contributed by atoms with van der Waals surface area (Å²) in [6, 6.07) is 9.97. The molecule has 1 unspecified atom stereocenters. The molecule has 154 valence electrons. The van der Waals surface area contributed by atoms with E-state index in [4.69, 9.17) is 4.98 Å². The lowest BCUT2D eigenvalue weighted by Gasteiger charge is -2.36. The molecular formula is C22H23N5OS2. The number of hydrogen-bond acceptors (Lipinski definition) is 7. The Labute approximate surface area is 182 Å². The molecule has 1 aromatic carbocycles. The second-order valence-electron chi connectivity index (χ2n) is 8.37. The molecule has 2 aliphatic rings. The van der Waals surface area contributed by atoms with Crippen LogP contribution < -0.4 is 10.2 Å². The molecule has 2 bridgehead atoms. The van der Waals surface area contributed by atoms with E-state index in [9.17, 15) is 5.11 Å². The molecule has 3 atom stereocenters. The second kappa shape index (κ2) is 7.08. The molecular weight excluding hydrogens is 414 g/mol. The van der Waals surface area contributed by atoms with Gasteiger partial charge in [-0.2, -0.15) is 5.10 Å². The molecule has 2 saturated heterocycles. The van der Waals surface area contributed by atoms with Crippen LogP contribution in [0.2, 0.25) is 0 Å². The van der Waals surface area contributed by atoms with E-state index in [2.05, 4.69) is 33.5 Å². The SMILES string of the molecule is CN(c1cc2sc(-c3ccc(-c4cn[nH]c4)cc3O)nc2s1)C1C[C@H]2CC[C@@H](C1)N2. The first-order valence-electron chi connectivity index (χ1n) is 10.4. The Kier molecular flexibility index (Phi) is 4.33. The standard InChI is InChI=1S/C22H23N5OS2/c1-27(16-7-14-3-4-15(8-16)25-14)20-9-19-22(30-20)26-21(29-19)17-5-2-12(6-18(17)28)13-10-23-24-11-13/h2,5-6,9-11,14-16,25,28H,3-4,7-8H2,1H3,(H,23,24)/t14-,15+,16?. The number of phenols is 1. The summed E-state index contributed by atoms with van der Waals surface area (Å²) in [6.45, 7) is 0. The highest BCUT2D eigenvalue weighted by Crippen LogP contribution is 2.43. The fourth-order valence-corrected chi connectivity index (χ4v) is 7.11. The number of nitrogens with one attached hydrogen (secondary N) is 2. The molecule has 5 heterocycles. The summed E-state index contributed by atoms with van der Waals surface area (Å²) in [5, 5.41) is 23.3. The Morgan fingerprint density at radius 2 is 1.93 bits per heavy atom. The van der Waals surface area contributed by atoms with Crippen molar-refractivity contribution in [1.29, 1.82) is 0 Å². The molecule has 0 aliphatic carbocycles. The van der Waals surface area contributed by atoms with E-state index in [1.165, 1.54) is 35.4 Å². The van der Waals surface area contributed by atoms with Gasteiger partial charge in [0.05, 0.1) is 21.5 Å². The Morgan fingerprint density at radius 3 is 2.63 bits per heavy atom. The van der Waals surface area contributed by atoms with Gasteiger partial charge in [-0.3, -0.25) is 5.10 Å². The van der Waals surface area contributed by atoms with Gasteiger partial charge in [-0.05, 0) is 49.4 Å². The van der Waals surface area contributed by atoms with E-state index in [0.29, 0.717) is 18.1 Å². The number of nitrogens with zero attached hydrogens (tertiary/aromatic N) is 3. The average Bonchev–Trinajstić information content (AvgIpc) is 3.51. The van der Waals surface area contributed by atoms with E-state index in [1.54, 1.807) is 34.9 Å². The highest BCUT2D eigenvalue weighted by Gasteiger charge is 2.35. The van der Waals surface area contributed by atoms with Crippen LogP contribution in [0.3, 0.4) is 0 Å². The van der Waals surface area contributed by atoms with Gasteiger partial charge in [0.15, 0.2) is 0 Å². The Bertz CT molecular complexity index is 1150. The maximum Gasteiger partial charge on any atom is 0.137 e. The number of thiophene rings is 1. The lowest BCUT2D eigenvalue weighted by Crippen LogP contribution is -2.46. The number of anilines is 1. The highest BCUT2D eigenvalue weighted by atomic mass is 32.1. The van der Waals surface area contributed by atoms with E-state index < -0.39 is 0 Å². The van der Waals surface area contributed by atoms with Crippen LogP contribution in [0.15, 0.2) is 36.7 Å². The largest absolute Gasteiger partial charge is 0.507 e. The molecule has 0 saturated carbocycles. The fourth-order valence-electron chi connectivity index (χ4n) is 4.84. The maximum atomic E-state index is 10.6. The zero-order valence-electron chi connectivity index (χ0n) is 16.6. The van der Waals surface area contributed by atoms with E-state index in [0.717, 1.165) is 26.5 Å². The van der Waals surface area contributed by atoms with Crippen molar-refractivity contribution in [2.75, 3.05) is 11.9 Å². The molecule has 3 N–H and O–H groups in total. The summed E-state index contributed by atoms with van der Waals surface area (Å²) in [4.78, 5) is 8.35. The van der Waals surface area contributed by atoms with Crippen LogP contribution in [0.1, 0.15) is 25.7 Å². The number of H-pyrrole nitrogens is 1. The van der Waals surface area contributed by atoms with Gasteiger partial charge in [-0.25, -0.2) is 4.98 Å². The first-order valence-corrected chi connectivity index (χ1v) is 12.0. The van der Waals surface area contributed by atoms with Crippen molar-refractivity contribution in [3.8, 4) is 27.4 Å². The van der Waals surface area contributed by atoms with Crippen LogP contribution in [0.5, 0.6) is 5.75 Å². The molecule has 8 heteroatoms. The number of rotatable bonds is 4. The molecule has 0 amide bonds. The fraction of sp³-hybridized carbons (Fsp3) is 0.364. The third-order valence-electron chi connectivity index (χ3n) is 6.48. The van der Waals surface area contributed by atoms with E-state index in [1.807, 2.05) is 18.3 Å². The zero-order chi connectivity index (χ0) is 20.2. The average molecular weight is 438 g/mol. The normalized spacial score (nSPS) is 23.3. The van der Waals surface area contributed by atoms with Crippen molar-refractivity contribution in [2.45, 2.75) is 43.8 Å². The smallest absolute Gasteiger partial charge is 0.137 e. The van der Waals surface area contributed by atoms with Crippen LogP contribution >= 0.6 is 22.7 Å². The van der Waals surface area contributed by atoms with Crippen molar-refractivity contribution < 1.29 is 5.11 Å². The Hall–Kier alpha value is -2.42. The number of aromatic hydroxyl groups is 1. The molecule has 2 aliphatic heterocycles. The van der Waals surface area contributed by atoms with Crippen molar-refractivity contribution in [3.63, 3.8) is 0 Å². The third kappa shape index (κ3) is 3.10. The quantitative estimate of drug-likeness (QED) is 0.426. The van der Waals surface area contributed by atoms with Gasteiger partial charge in [-0.15, -0.1) is 11.3 Å². The lowest BCUT2D eigenvalue weighted by molar-refractivity contribution is 0.355. The van der Waals surface area contributed by atoms with Crippen molar-refractivity contribution in [2.24, 2.45) is 0 Å². The summed E-state index contributed by atoms with van der Waals surface area (Å²) < 4.78 is 1.19. The van der Waals surface area contributed by atoms with Gasteiger partial charge in [0.2, 0.25) is 0 Å². The van der Waals surface area contributed by atoms with E-state index in [-0.39, 0.29) is 5.75 Å². The van der Waals surface area contributed by atoms with E-state index >= 15 is 0 Å². The van der Waals surface area contributed by atoms with Crippen molar-refractivity contribution >= 4 is 37.2 Å². The van der Waals surface area contributed by atoms with Crippen LogP contribution in [0, 0.1) is 0 Å². The molecule has 0 spiro atoms. The number of thiazole rings is 1. The Morgan fingerprint density at radius 1 is 1.10 bits per heavy atom. The maximum absolute atomic E-state index is 10.6. The van der Waals surface area contributed by atoms with Gasteiger partial charge >= 0.3 is 0 Å². The third-order valence-corrected chi connectivity index (χ3v) is 8.76. The van der Waals surface area contributed by atoms with Gasteiger partial charge in [0.25, 0.3) is 0 Å². The zero-order valence-corrected chi connectivity index (χ0v) is 18.3.